The number of benzene rings is 2. The van der Waals surface area contributed by atoms with Gasteiger partial charge in [0.25, 0.3) is 0 Å². The lowest BCUT2D eigenvalue weighted by Gasteiger charge is -2.14. The van der Waals surface area contributed by atoms with Gasteiger partial charge in [-0.25, -0.2) is 0 Å². The fraction of sp³-hybridized carbons (Fsp3) is 0.250. The Kier molecular flexibility index (Phi) is 4.34. The van der Waals surface area contributed by atoms with Crippen LogP contribution in [0.1, 0.15) is 11.1 Å². The fourth-order valence-electron chi connectivity index (χ4n) is 2.41. The topological polar surface area (TPSA) is 21.3 Å². The summed E-state index contributed by atoms with van der Waals surface area (Å²) in [5.74, 6) is 0.957. The molecule has 1 heterocycles. The summed E-state index contributed by atoms with van der Waals surface area (Å²) in [6.07, 6.45) is 0.990. The lowest BCUT2D eigenvalue weighted by Crippen LogP contribution is -2.24. The van der Waals surface area contributed by atoms with E-state index in [4.69, 9.17) is 27.9 Å². The van der Waals surface area contributed by atoms with Gasteiger partial charge in [0.2, 0.25) is 0 Å². The van der Waals surface area contributed by atoms with Crippen molar-refractivity contribution in [3.63, 3.8) is 0 Å². The first kappa shape index (κ1) is 15.0. The minimum atomic E-state index is 0.102. The van der Waals surface area contributed by atoms with Crippen LogP contribution in [0.15, 0.2) is 34.8 Å². The van der Waals surface area contributed by atoms with Gasteiger partial charge in [-0.2, -0.15) is 0 Å². The number of anilines is 1. The molecule has 0 amide bonds. The Bertz CT molecular complexity index is 690. The molecule has 21 heavy (non-hydrogen) atoms. The van der Waals surface area contributed by atoms with Crippen LogP contribution in [0.4, 0.5) is 5.69 Å². The van der Waals surface area contributed by atoms with Gasteiger partial charge >= 0.3 is 0 Å². The lowest BCUT2D eigenvalue weighted by molar-refractivity contribution is 0.246. The van der Waals surface area contributed by atoms with Crippen LogP contribution < -0.4 is 10.1 Å². The van der Waals surface area contributed by atoms with Crippen LogP contribution in [0, 0.1) is 6.92 Å². The predicted octanol–water partition coefficient (Wildman–Crippen LogP) is 5.48. The highest BCUT2D eigenvalue weighted by Gasteiger charge is 2.23. The third-order valence-corrected chi connectivity index (χ3v) is 4.75. The summed E-state index contributed by atoms with van der Waals surface area (Å²) in [5, 5.41) is 4.71. The number of rotatable bonds is 3. The van der Waals surface area contributed by atoms with Crippen LogP contribution in [0.2, 0.25) is 10.0 Å². The van der Waals surface area contributed by atoms with E-state index in [1.54, 1.807) is 0 Å². The van der Waals surface area contributed by atoms with Gasteiger partial charge in [0.05, 0.1) is 17.3 Å². The zero-order valence-corrected chi connectivity index (χ0v) is 14.5. The first-order chi connectivity index (χ1) is 10.0. The van der Waals surface area contributed by atoms with Gasteiger partial charge in [0.1, 0.15) is 11.9 Å². The molecule has 0 saturated carbocycles. The molecule has 1 unspecified atom stereocenters. The maximum absolute atomic E-state index is 6.23. The second-order valence-electron chi connectivity index (χ2n) is 5.16. The predicted molar refractivity (Wildman–Crippen MR) is 92.0 cm³/mol. The maximum atomic E-state index is 6.23. The number of fused-ring (bicyclic) bond motifs is 1. The first-order valence-corrected chi connectivity index (χ1v) is 8.22. The van der Waals surface area contributed by atoms with E-state index in [2.05, 4.69) is 27.3 Å². The summed E-state index contributed by atoms with van der Waals surface area (Å²) >= 11 is 15.8. The van der Waals surface area contributed by atoms with Crippen molar-refractivity contribution in [1.82, 2.24) is 0 Å². The lowest BCUT2D eigenvalue weighted by atomic mass is 10.1. The molecule has 2 aromatic rings. The van der Waals surface area contributed by atoms with Crippen LogP contribution in [-0.4, -0.2) is 12.6 Å². The van der Waals surface area contributed by atoms with E-state index in [0.717, 1.165) is 27.9 Å². The molecule has 2 nitrogen and oxygen atoms in total. The zero-order valence-electron chi connectivity index (χ0n) is 11.4. The molecule has 5 heteroatoms. The third kappa shape index (κ3) is 3.31. The Balaban J connectivity index is 1.66. The third-order valence-electron chi connectivity index (χ3n) is 3.53. The molecule has 1 aliphatic rings. The normalized spacial score (nSPS) is 16.5. The van der Waals surface area contributed by atoms with Crippen LogP contribution in [0.3, 0.4) is 0 Å². The van der Waals surface area contributed by atoms with E-state index in [1.807, 2.05) is 31.2 Å². The minimum Gasteiger partial charge on any atom is -0.488 e. The van der Waals surface area contributed by atoms with Crippen molar-refractivity contribution in [2.75, 3.05) is 11.9 Å². The molecule has 1 aliphatic heterocycles. The average molecular weight is 387 g/mol. The van der Waals surface area contributed by atoms with Gasteiger partial charge in [-0.05, 0) is 48.4 Å². The van der Waals surface area contributed by atoms with Crippen LogP contribution in [-0.2, 0) is 6.42 Å². The molecule has 0 aromatic heterocycles. The van der Waals surface area contributed by atoms with E-state index in [-0.39, 0.29) is 6.10 Å². The summed E-state index contributed by atoms with van der Waals surface area (Å²) in [6, 6.07) is 9.82. The van der Waals surface area contributed by atoms with Gasteiger partial charge < -0.3 is 10.1 Å². The van der Waals surface area contributed by atoms with Crippen molar-refractivity contribution >= 4 is 44.8 Å². The Labute approximate surface area is 142 Å². The van der Waals surface area contributed by atoms with Gasteiger partial charge in [0.15, 0.2) is 0 Å². The van der Waals surface area contributed by atoms with Crippen LogP contribution in [0.5, 0.6) is 5.75 Å². The van der Waals surface area contributed by atoms with Crippen molar-refractivity contribution in [1.29, 1.82) is 0 Å². The highest BCUT2D eigenvalue weighted by atomic mass is 79.9. The van der Waals surface area contributed by atoms with Crippen molar-refractivity contribution < 1.29 is 4.74 Å². The molecule has 0 bridgehead atoms. The van der Waals surface area contributed by atoms with Crippen molar-refractivity contribution in [2.24, 2.45) is 0 Å². The molecule has 1 N–H and O–H groups in total. The van der Waals surface area contributed by atoms with E-state index >= 15 is 0 Å². The van der Waals surface area contributed by atoms with Gasteiger partial charge in [-0.3, -0.25) is 0 Å². The number of nitrogens with one attached hydrogen (secondary N) is 1. The Hall–Kier alpha value is -0.900. The molecule has 3 rings (SSSR count). The quantitative estimate of drug-likeness (QED) is 0.753. The molecule has 1 atom stereocenters. The highest BCUT2D eigenvalue weighted by Crippen LogP contribution is 2.32. The molecule has 0 radical (unpaired) electrons. The van der Waals surface area contributed by atoms with Crippen LogP contribution in [0.25, 0.3) is 0 Å². The highest BCUT2D eigenvalue weighted by molar-refractivity contribution is 9.10. The van der Waals surface area contributed by atoms with E-state index in [9.17, 15) is 0 Å². The number of hydrogen-bond acceptors (Lipinski definition) is 2. The van der Waals surface area contributed by atoms with E-state index in [1.165, 1.54) is 5.56 Å². The van der Waals surface area contributed by atoms with Gasteiger partial charge in [0, 0.05) is 15.9 Å². The summed E-state index contributed by atoms with van der Waals surface area (Å²) in [6.45, 7) is 2.62. The Morgan fingerprint density at radius 1 is 1.24 bits per heavy atom. The summed E-state index contributed by atoms with van der Waals surface area (Å²) < 4.78 is 6.99. The van der Waals surface area contributed by atoms with Crippen LogP contribution >= 0.6 is 39.1 Å². The second-order valence-corrected chi connectivity index (χ2v) is 6.89. The van der Waals surface area contributed by atoms with Gasteiger partial charge in [-0.1, -0.05) is 39.1 Å². The Morgan fingerprint density at radius 2 is 2.05 bits per heavy atom. The average Bonchev–Trinajstić information content (AvgIpc) is 2.83. The Morgan fingerprint density at radius 3 is 2.86 bits per heavy atom. The largest absolute Gasteiger partial charge is 0.488 e. The summed E-state index contributed by atoms with van der Waals surface area (Å²) in [4.78, 5) is 0. The van der Waals surface area contributed by atoms with Crippen molar-refractivity contribution in [2.45, 2.75) is 19.4 Å². The fourth-order valence-corrected chi connectivity index (χ4v) is 3.27. The second kappa shape index (κ2) is 6.07. The number of hydrogen-bond donors (Lipinski definition) is 1. The molecule has 0 aliphatic carbocycles. The number of halogens is 3. The molecular weight excluding hydrogens is 373 g/mol. The minimum absolute atomic E-state index is 0.102. The SMILES string of the molecule is Cc1cc(Cl)c(NCC2Cc3cc(Br)ccc3O2)cc1Cl. The number of aryl methyl sites for hydroxylation is 1. The molecule has 0 spiro atoms. The summed E-state index contributed by atoms with van der Waals surface area (Å²) in [5.41, 5.74) is 3.04. The van der Waals surface area contributed by atoms with E-state index in [0.29, 0.717) is 16.6 Å². The van der Waals surface area contributed by atoms with Crippen molar-refractivity contribution in [3.05, 3.63) is 56.0 Å². The standard InChI is InChI=1S/C16H14BrCl2NO/c1-9-4-14(19)15(7-13(9)18)20-8-12-6-10-5-11(17)2-3-16(10)21-12/h2-5,7,12,20H,6,8H2,1H3. The molecule has 0 fully saturated rings. The zero-order chi connectivity index (χ0) is 15.0. The monoisotopic (exact) mass is 385 g/mol. The molecule has 110 valence electrons. The smallest absolute Gasteiger partial charge is 0.123 e. The maximum Gasteiger partial charge on any atom is 0.123 e. The summed E-state index contributed by atoms with van der Waals surface area (Å²) in [7, 11) is 0. The molecule has 0 saturated heterocycles. The van der Waals surface area contributed by atoms with Gasteiger partial charge in [-0.15, -0.1) is 0 Å². The number of ether oxygens (including phenoxy) is 1. The molecular formula is C16H14BrCl2NO. The molecule has 2 aromatic carbocycles. The van der Waals surface area contributed by atoms with E-state index < -0.39 is 0 Å². The first-order valence-electron chi connectivity index (χ1n) is 6.67. The van der Waals surface area contributed by atoms with Crippen molar-refractivity contribution in [3.8, 4) is 5.75 Å².